The molecule has 0 amide bonds. The van der Waals surface area contributed by atoms with Crippen molar-refractivity contribution in [2.45, 2.75) is 32.4 Å². The number of nitrogens with two attached hydrogens (primary N) is 1. The fraction of sp³-hybridized carbons (Fsp3) is 0.400. The molecule has 0 aliphatic heterocycles. The van der Waals surface area contributed by atoms with Crippen LogP contribution in [0.2, 0.25) is 0 Å². The average molecular weight is 385 g/mol. The first kappa shape index (κ1) is 19.8. The molecule has 0 bridgehead atoms. The second-order valence-electron chi connectivity index (χ2n) is 6.56. The molecule has 1 aromatic carbocycles. The summed E-state index contributed by atoms with van der Waals surface area (Å²) >= 11 is 0. The van der Waals surface area contributed by atoms with Crippen LogP contribution in [0.3, 0.4) is 0 Å². The molecule has 0 saturated carbocycles. The topological polar surface area (TPSA) is 107 Å². The molecule has 0 saturated heterocycles. The Labute approximate surface area is 164 Å². The molecule has 8 heteroatoms. The van der Waals surface area contributed by atoms with Crippen LogP contribution < -0.4 is 20.5 Å². The molecule has 2 heterocycles. The van der Waals surface area contributed by atoms with Crippen molar-refractivity contribution in [1.82, 2.24) is 14.5 Å². The van der Waals surface area contributed by atoms with E-state index in [4.69, 9.17) is 15.2 Å². The van der Waals surface area contributed by atoms with Gasteiger partial charge in [0, 0.05) is 6.20 Å². The van der Waals surface area contributed by atoms with Gasteiger partial charge in [-0.1, -0.05) is 19.4 Å². The molecule has 28 heavy (non-hydrogen) atoms. The summed E-state index contributed by atoms with van der Waals surface area (Å²) in [6, 6.07) is 7.49. The SMILES string of the molecule is CCC[C@@H](CO)Nc1nc(N)nc2ccn(Cc3c(OC)cccc3OC)c12. The Morgan fingerprint density at radius 1 is 1.18 bits per heavy atom. The van der Waals surface area contributed by atoms with E-state index in [0.717, 1.165) is 40.9 Å². The summed E-state index contributed by atoms with van der Waals surface area (Å²) in [7, 11) is 3.28. The third kappa shape index (κ3) is 3.96. The van der Waals surface area contributed by atoms with Gasteiger partial charge in [-0.15, -0.1) is 0 Å². The van der Waals surface area contributed by atoms with Gasteiger partial charge in [-0.05, 0) is 24.6 Å². The highest BCUT2D eigenvalue weighted by Crippen LogP contribution is 2.31. The first-order valence-corrected chi connectivity index (χ1v) is 9.30. The standard InChI is InChI=1S/C20H27N5O3/c1-4-6-13(12-26)22-19-18-15(23-20(21)24-19)9-10-25(18)11-14-16(27-2)7-5-8-17(14)28-3/h5,7-10,13,26H,4,6,11-12H2,1-3H3,(H3,21,22,23,24)/t13-/m0/s1. The Hall–Kier alpha value is -3.00. The quantitative estimate of drug-likeness (QED) is 0.520. The molecule has 0 radical (unpaired) electrons. The van der Waals surface area contributed by atoms with Gasteiger partial charge in [-0.3, -0.25) is 0 Å². The number of ether oxygens (including phenoxy) is 2. The number of rotatable bonds is 9. The number of nitrogen functional groups attached to an aromatic ring is 1. The summed E-state index contributed by atoms with van der Waals surface area (Å²) in [5.41, 5.74) is 8.36. The monoisotopic (exact) mass is 385 g/mol. The van der Waals surface area contributed by atoms with E-state index >= 15 is 0 Å². The van der Waals surface area contributed by atoms with Crippen LogP contribution in [0.25, 0.3) is 11.0 Å². The number of methoxy groups -OCH3 is 2. The minimum absolute atomic E-state index is 0.0142. The Morgan fingerprint density at radius 2 is 1.89 bits per heavy atom. The van der Waals surface area contributed by atoms with E-state index in [0.29, 0.717) is 12.4 Å². The lowest BCUT2D eigenvalue weighted by atomic mass is 10.1. The normalized spacial score (nSPS) is 12.1. The highest BCUT2D eigenvalue weighted by molar-refractivity contribution is 5.87. The predicted octanol–water partition coefficient (Wildman–Crippen LogP) is 2.65. The molecular weight excluding hydrogens is 358 g/mol. The first-order valence-electron chi connectivity index (χ1n) is 9.30. The van der Waals surface area contributed by atoms with Gasteiger partial charge >= 0.3 is 0 Å². The minimum atomic E-state index is -0.105. The molecule has 0 fully saturated rings. The summed E-state index contributed by atoms with van der Waals surface area (Å²) in [6.07, 6.45) is 3.70. The van der Waals surface area contributed by atoms with Crippen LogP contribution in [0.4, 0.5) is 11.8 Å². The Kier molecular flexibility index (Phi) is 6.20. The highest BCUT2D eigenvalue weighted by Gasteiger charge is 2.17. The molecular formula is C20H27N5O3. The molecule has 0 aliphatic carbocycles. The van der Waals surface area contributed by atoms with Crippen molar-refractivity contribution in [3.8, 4) is 11.5 Å². The van der Waals surface area contributed by atoms with E-state index in [-0.39, 0.29) is 18.6 Å². The number of fused-ring (bicyclic) bond motifs is 1. The van der Waals surface area contributed by atoms with Gasteiger partial charge in [-0.25, -0.2) is 4.98 Å². The summed E-state index contributed by atoms with van der Waals surface area (Å²) in [4.78, 5) is 8.74. The van der Waals surface area contributed by atoms with Crippen LogP contribution in [0.15, 0.2) is 30.5 Å². The molecule has 2 aromatic heterocycles. The zero-order chi connectivity index (χ0) is 20.1. The maximum Gasteiger partial charge on any atom is 0.222 e. The number of aliphatic hydroxyl groups is 1. The van der Waals surface area contributed by atoms with Gasteiger partial charge < -0.3 is 30.2 Å². The van der Waals surface area contributed by atoms with Gasteiger partial charge in [-0.2, -0.15) is 4.98 Å². The van der Waals surface area contributed by atoms with Crippen molar-refractivity contribution >= 4 is 22.8 Å². The number of nitrogens with one attached hydrogen (secondary N) is 1. The lowest BCUT2D eigenvalue weighted by Gasteiger charge is -2.19. The van der Waals surface area contributed by atoms with Crippen molar-refractivity contribution in [3.63, 3.8) is 0 Å². The number of hydrogen-bond acceptors (Lipinski definition) is 7. The number of nitrogens with zero attached hydrogens (tertiary/aromatic N) is 3. The molecule has 0 spiro atoms. The van der Waals surface area contributed by atoms with Crippen LogP contribution in [-0.2, 0) is 6.54 Å². The van der Waals surface area contributed by atoms with Crippen molar-refractivity contribution < 1.29 is 14.6 Å². The molecule has 3 aromatic rings. The molecule has 3 rings (SSSR count). The lowest BCUT2D eigenvalue weighted by Crippen LogP contribution is -2.25. The van der Waals surface area contributed by atoms with E-state index in [1.807, 2.05) is 35.0 Å². The Balaban J connectivity index is 2.06. The van der Waals surface area contributed by atoms with Crippen LogP contribution in [0, 0.1) is 0 Å². The molecule has 150 valence electrons. The second kappa shape index (κ2) is 8.79. The number of benzene rings is 1. The van der Waals surface area contributed by atoms with Gasteiger partial charge in [0.1, 0.15) is 17.0 Å². The number of hydrogen-bond donors (Lipinski definition) is 3. The zero-order valence-corrected chi connectivity index (χ0v) is 16.5. The van der Waals surface area contributed by atoms with Gasteiger partial charge in [0.2, 0.25) is 5.95 Å². The summed E-state index contributed by atoms with van der Waals surface area (Å²) in [5, 5.41) is 13.0. The number of aliphatic hydroxyl groups excluding tert-OH is 1. The molecule has 0 aliphatic rings. The molecule has 8 nitrogen and oxygen atoms in total. The predicted molar refractivity (Wildman–Crippen MR) is 110 cm³/mol. The van der Waals surface area contributed by atoms with Gasteiger partial charge in [0.25, 0.3) is 0 Å². The fourth-order valence-electron chi connectivity index (χ4n) is 3.36. The third-order valence-corrected chi connectivity index (χ3v) is 4.68. The highest BCUT2D eigenvalue weighted by atomic mass is 16.5. The summed E-state index contributed by atoms with van der Waals surface area (Å²) < 4.78 is 13.1. The maximum atomic E-state index is 9.67. The lowest BCUT2D eigenvalue weighted by molar-refractivity contribution is 0.268. The van der Waals surface area contributed by atoms with E-state index in [2.05, 4.69) is 22.2 Å². The van der Waals surface area contributed by atoms with Crippen LogP contribution in [-0.4, -0.2) is 46.5 Å². The second-order valence-corrected chi connectivity index (χ2v) is 6.56. The minimum Gasteiger partial charge on any atom is -0.496 e. The van der Waals surface area contributed by atoms with Crippen LogP contribution in [0.1, 0.15) is 25.3 Å². The maximum absolute atomic E-state index is 9.67. The van der Waals surface area contributed by atoms with Crippen LogP contribution in [0.5, 0.6) is 11.5 Å². The zero-order valence-electron chi connectivity index (χ0n) is 16.5. The smallest absolute Gasteiger partial charge is 0.222 e. The average Bonchev–Trinajstić information content (AvgIpc) is 3.10. The van der Waals surface area contributed by atoms with E-state index in [9.17, 15) is 5.11 Å². The van der Waals surface area contributed by atoms with Gasteiger partial charge in [0.05, 0.1) is 44.5 Å². The molecule has 4 N–H and O–H groups in total. The Bertz CT molecular complexity index is 919. The Morgan fingerprint density at radius 3 is 2.50 bits per heavy atom. The van der Waals surface area contributed by atoms with Crippen molar-refractivity contribution in [1.29, 1.82) is 0 Å². The fourth-order valence-corrected chi connectivity index (χ4v) is 3.36. The summed E-state index contributed by atoms with van der Waals surface area (Å²) in [5.74, 6) is 2.28. The molecule has 1 atom stereocenters. The van der Waals surface area contributed by atoms with Crippen molar-refractivity contribution in [2.75, 3.05) is 31.9 Å². The van der Waals surface area contributed by atoms with Crippen LogP contribution >= 0.6 is 0 Å². The van der Waals surface area contributed by atoms with E-state index < -0.39 is 0 Å². The number of aromatic nitrogens is 3. The van der Waals surface area contributed by atoms with E-state index in [1.165, 1.54) is 0 Å². The van der Waals surface area contributed by atoms with Crippen molar-refractivity contribution in [3.05, 3.63) is 36.0 Å². The van der Waals surface area contributed by atoms with Crippen molar-refractivity contribution in [2.24, 2.45) is 0 Å². The largest absolute Gasteiger partial charge is 0.496 e. The third-order valence-electron chi connectivity index (χ3n) is 4.68. The van der Waals surface area contributed by atoms with Gasteiger partial charge in [0.15, 0.2) is 5.82 Å². The number of anilines is 2. The summed E-state index contributed by atoms with van der Waals surface area (Å²) in [6.45, 7) is 2.60. The first-order chi connectivity index (χ1) is 13.6. The molecule has 0 unspecified atom stereocenters. The van der Waals surface area contributed by atoms with E-state index in [1.54, 1.807) is 14.2 Å².